The van der Waals surface area contributed by atoms with Crippen LogP contribution in [0.4, 0.5) is 0 Å². The van der Waals surface area contributed by atoms with Crippen LogP contribution < -0.4 is 16.0 Å². The molecule has 0 saturated carbocycles. The highest BCUT2D eigenvalue weighted by atomic mass is 32.1. The number of carbonyl (C=O) groups excluding carboxylic acids is 4. The van der Waals surface area contributed by atoms with Crippen molar-refractivity contribution in [2.24, 2.45) is 11.3 Å². The third-order valence-electron chi connectivity index (χ3n) is 7.24. The number of nitrogens with one attached hydrogen (secondary N) is 3. The fraction of sp³-hybridized carbons (Fsp3) is 0.484. The molecule has 0 radical (unpaired) electrons. The summed E-state index contributed by atoms with van der Waals surface area (Å²) in [5.74, 6) is -1.30. The van der Waals surface area contributed by atoms with Crippen LogP contribution in [0.1, 0.15) is 82.8 Å². The molecule has 1 aromatic carbocycles. The van der Waals surface area contributed by atoms with Gasteiger partial charge in [-0.3, -0.25) is 19.2 Å². The standard InChI is InChI=1S/C31H40N6O5S2/c1-19(2)25-29-35-22(16-44-29)26(39)32-12-9-13-37(30(41)31(3,4)18-42-5)15-24(38)33-21(14-20-10-7-6-8-11-20)28-34-23(17-43-28)27(40)36-25/h6-8,10-11,16-17,19,21,25H,9,12-15,18H2,1-5H3,(H,32,39)(H,33,38)(H,36,40)/t21-,25+/m0/s1. The van der Waals surface area contributed by atoms with Crippen molar-refractivity contribution in [3.8, 4) is 0 Å². The first-order valence-corrected chi connectivity index (χ1v) is 16.4. The maximum atomic E-state index is 13.6. The predicted octanol–water partition coefficient (Wildman–Crippen LogP) is 3.76. The van der Waals surface area contributed by atoms with Crippen molar-refractivity contribution >= 4 is 46.3 Å². The number of benzene rings is 1. The molecule has 3 N–H and O–H groups in total. The van der Waals surface area contributed by atoms with Crippen molar-refractivity contribution in [1.29, 1.82) is 0 Å². The molecule has 2 atom stereocenters. The fourth-order valence-corrected chi connectivity index (χ4v) is 6.81. The van der Waals surface area contributed by atoms with Crippen LogP contribution in [-0.4, -0.2) is 71.8 Å². The molecule has 0 saturated heterocycles. The van der Waals surface area contributed by atoms with Crippen LogP contribution in [0.25, 0.3) is 0 Å². The topological polar surface area (TPSA) is 143 Å². The monoisotopic (exact) mass is 640 g/mol. The lowest BCUT2D eigenvalue weighted by Crippen LogP contribution is -2.48. The van der Waals surface area contributed by atoms with E-state index in [4.69, 9.17) is 4.74 Å². The van der Waals surface area contributed by atoms with E-state index >= 15 is 0 Å². The minimum Gasteiger partial charge on any atom is -0.384 e. The molecule has 0 aliphatic carbocycles. The van der Waals surface area contributed by atoms with Crippen molar-refractivity contribution in [1.82, 2.24) is 30.8 Å². The molecule has 2 aromatic heterocycles. The molecule has 3 heterocycles. The Morgan fingerprint density at radius 2 is 1.68 bits per heavy atom. The highest BCUT2D eigenvalue weighted by Crippen LogP contribution is 2.27. The Hall–Kier alpha value is -3.68. The van der Waals surface area contributed by atoms with Crippen LogP contribution >= 0.6 is 22.7 Å². The average Bonchev–Trinajstić information content (AvgIpc) is 3.67. The summed E-state index contributed by atoms with van der Waals surface area (Å²) in [5.41, 5.74) is 0.615. The average molecular weight is 641 g/mol. The van der Waals surface area contributed by atoms with E-state index in [9.17, 15) is 19.2 Å². The summed E-state index contributed by atoms with van der Waals surface area (Å²) in [6, 6.07) is 8.76. The quantitative estimate of drug-likeness (QED) is 0.372. The smallest absolute Gasteiger partial charge is 0.271 e. The molecular weight excluding hydrogens is 601 g/mol. The Morgan fingerprint density at radius 3 is 2.36 bits per heavy atom. The van der Waals surface area contributed by atoms with Gasteiger partial charge in [0.25, 0.3) is 11.8 Å². The first kappa shape index (κ1) is 33.2. The third-order valence-corrected chi connectivity index (χ3v) is 9.13. The number of amides is 4. The zero-order valence-corrected chi connectivity index (χ0v) is 27.3. The summed E-state index contributed by atoms with van der Waals surface area (Å²) in [6.45, 7) is 8.03. The molecule has 4 rings (SSSR count). The Balaban J connectivity index is 1.68. The van der Waals surface area contributed by atoms with Crippen LogP contribution in [0, 0.1) is 11.3 Å². The molecule has 4 amide bonds. The third kappa shape index (κ3) is 8.48. The van der Waals surface area contributed by atoms with Crippen molar-refractivity contribution in [3.05, 3.63) is 68.1 Å². The number of ether oxygens (including phenoxy) is 1. The minimum absolute atomic E-state index is 0.00391. The SMILES string of the molecule is COCC(C)(C)C(=O)N1CCCNC(=O)c2csc(n2)[C@@H](C(C)C)NC(=O)c2csc(n2)[C@H](Cc2ccccc2)NC(=O)C1. The highest BCUT2D eigenvalue weighted by molar-refractivity contribution is 7.10. The number of nitrogens with zero attached hydrogens (tertiary/aromatic N) is 3. The molecule has 11 nitrogen and oxygen atoms in total. The van der Waals surface area contributed by atoms with E-state index in [1.54, 1.807) is 24.6 Å². The Bertz CT molecular complexity index is 1450. The Kier molecular flexibility index (Phi) is 11.2. The fourth-order valence-electron chi connectivity index (χ4n) is 4.94. The molecule has 0 spiro atoms. The lowest BCUT2D eigenvalue weighted by Gasteiger charge is -2.31. The summed E-state index contributed by atoms with van der Waals surface area (Å²) in [4.78, 5) is 64.0. The van der Waals surface area contributed by atoms with E-state index in [1.165, 1.54) is 34.7 Å². The van der Waals surface area contributed by atoms with Crippen LogP contribution in [0.3, 0.4) is 0 Å². The maximum absolute atomic E-state index is 13.6. The van der Waals surface area contributed by atoms with Gasteiger partial charge in [0.2, 0.25) is 11.8 Å². The number of aromatic nitrogens is 2. The van der Waals surface area contributed by atoms with Crippen molar-refractivity contribution < 1.29 is 23.9 Å². The summed E-state index contributed by atoms with van der Waals surface area (Å²) >= 11 is 2.61. The molecule has 236 valence electrons. The van der Waals surface area contributed by atoms with E-state index in [0.29, 0.717) is 22.9 Å². The maximum Gasteiger partial charge on any atom is 0.271 e. The van der Waals surface area contributed by atoms with Gasteiger partial charge in [0.15, 0.2) is 0 Å². The van der Waals surface area contributed by atoms with Gasteiger partial charge >= 0.3 is 0 Å². The summed E-state index contributed by atoms with van der Waals surface area (Å²) < 4.78 is 5.28. The van der Waals surface area contributed by atoms with Gasteiger partial charge in [0.1, 0.15) is 21.4 Å². The zero-order chi connectivity index (χ0) is 31.9. The van der Waals surface area contributed by atoms with Crippen molar-refractivity contribution in [2.45, 2.75) is 52.6 Å². The number of rotatable bonds is 6. The van der Waals surface area contributed by atoms with Crippen LogP contribution in [0.15, 0.2) is 41.1 Å². The molecule has 4 bridgehead atoms. The molecule has 0 unspecified atom stereocenters. The number of thiazole rings is 2. The Labute approximate surface area is 265 Å². The van der Waals surface area contributed by atoms with Crippen LogP contribution in [-0.2, 0) is 20.7 Å². The second-order valence-corrected chi connectivity index (χ2v) is 13.6. The van der Waals surface area contributed by atoms with E-state index in [0.717, 1.165) is 5.56 Å². The number of methoxy groups -OCH3 is 1. The molecule has 0 fully saturated rings. The van der Waals surface area contributed by atoms with Gasteiger partial charge in [-0.15, -0.1) is 22.7 Å². The van der Waals surface area contributed by atoms with E-state index < -0.39 is 17.5 Å². The molecule has 1 aliphatic heterocycles. The van der Waals surface area contributed by atoms with Crippen molar-refractivity contribution in [3.63, 3.8) is 0 Å². The van der Waals surface area contributed by atoms with Gasteiger partial charge in [0.05, 0.1) is 30.7 Å². The summed E-state index contributed by atoms with van der Waals surface area (Å²) in [6.07, 6.45) is 0.881. The van der Waals surface area contributed by atoms with E-state index in [1.807, 2.05) is 44.2 Å². The van der Waals surface area contributed by atoms with Gasteiger partial charge in [0, 0.05) is 31.0 Å². The molecule has 13 heteroatoms. The van der Waals surface area contributed by atoms with Gasteiger partial charge < -0.3 is 25.6 Å². The second-order valence-electron chi connectivity index (χ2n) is 11.8. The lowest BCUT2D eigenvalue weighted by molar-refractivity contribution is -0.146. The first-order chi connectivity index (χ1) is 21.0. The molecule has 3 aromatic rings. The number of fused-ring (bicyclic) bond motifs is 4. The second kappa shape index (κ2) is 14.9. The first-order valence-electron chi connectivity index (χ1n) is 14.6. The highest BCUT2D eigenvalue weighted by Gasteiger charge is 2.34. The Morgan fingerprint density at radius 1 is 1.02 bits per heavy atom. The summed E-state index contributed by atoms with van der Waals surface area (Å²) in [5, 5.41) is 13.5. The number of hydrogen-bond acceptors (Lipinski definition) is 9. The largest absolute Gasteiger partial charge is 0.384 e. The summed E-state index contributed by atoms with van der Waals surface area (Å²) in [7, 11) is 1.53. The van der Waals surface area contributed by atoms with Crippen LogP contribution in [0.5, 0.6) is 0 Å². The zero-order valence-electron chi connectivity index (χ0n) is 25.7. The van der Waals surface area contributed by atoms with E-state index in [2.05, 4.69) is 25.9 Å². The minimum atomic E-state index is -0.863. The molecule has 1 aliphatic rings. The lowest BCUT2D eigenvalue weighted by atomic mass is 9.92. The predicted molar refractivity (Wildman–Crippen MR) is 169 cm³/mol. The van der Waals surface area contributed by atoms with Gasteiger partial charge in [-0.2, -0.15) is 0 Å². The normalized spacial score (nSPS) is 19.0. The number of carbonyl (C=O) groups is 4. The van der Waals surface area contributed by atoms with Gasteiger partial charge in [-0.25, -0.2) is 9.97 Å². The van der Waals surface area contributed by atoms with Crippen LogP contribution in [0.2, 0.25) is 0 Å². The van der Waals surface area contributed by atoms with E-state index in [-0.39, 0.29) is 67.2 Å². The van der Waals surface area contributed by atoms with Gasteiger partial charge in [-0.05, 0) is 38.2 Å². The number of hydrogen-bond donors (Lipinski definition) is 3. The van der Waals surface area contributed by atoms with Crippen molar-refractivity contribution in [2.75, 3.05) is 33.4 Å². The molecular formula is C31H40N6O5S2. The van der Waals surface area contributed by atoms with Gasteiger partial charge in [-0.1, -0.05) is 44.2 Å². The molecule has 44 heavy (non-hydrogen) atoms.